The van der Waals surface area contributed by atoms with Crippen LogP contribution in [0.5, 0.6) is 11.5 Å². The molecule has 9 nitrogen and oxygen atoms in total. The van der Waals surface area contributed by atoms with Gasteiger partial charge in [0, 0.05) is 42.2 Å². The van der Waals surface area contributed by atoms with E-state index in [1.807, 2.05) is 47.4 Å². The van der Waals surface area contributed by atoms with Gasteiger partial charge in [0.25, 0.3) is 5.91 Å². The normalized spacial score (nSPS) is 21.3. The van der Waals surface area contributed by atoms with E-state index in [1.165, 1.54) is 6.07 Å². The highest BCUT2D eigenvalue weighted by atomic mass is 32.2. The van der Waals surface area contributed by atoms with Crippen molar-refractivity contribution in [2.24, 2.45) is 5.92 Å². The minimum absolute atomic E-state index is 0.0869. The van der Waals surface area contributed by atoms with Crippen LogP contribution in [0, 0.1) is 5.92 Å². The molecule has 43 heavy (non-hydrogen) atoms. The van der Waals surface area contributed by atoms with E-state index in [4.69, 9.17) is 18.9 Å². The average Bonchev–Trinajstić information content (AvgIpc) is 3.76. The summed E-state index contributed by atoms with van der Waals surface area (Å²) in [5.74, 6) is 0.370. The summed E-state index contributed by atoms with van der Waals surface area (Å²) in [7, 11) is -3.74. The second kappa shape index (κ2) is 11.6. The molecule has 10 heteroatoms. The third kappa shape index (κ3) is 5.31. The van der Waals surface area contributed by atoms with Gasteiger partial charge < -0.3 is 28.7 Å². The number of rotatable bonds is 6. The van der Waals surface area contributed by atoms with Crippen LogP contribution in [0.3, 0.4) is 0 Å². The molecule has 1 amide bonds. The molecule has 7 rings (SSSR count). The number of amides is 1. The number of hydrogen-bond acceptors (Lipinski definition) is 8. The van der Waals surface area contributed by atoms with E-state index >= 15 is 0 Å². The lowest BCUT2D eigenvalue weighted by Crippen LogP contribution is -2.51. The van der Waals surface area contributed by atoms with Gasteiger partial charge in [0.15, 0.2) is 17.3 Å². The molecule has 3 aromatic rings. The standard InChI is InChI=1S/C33H36N2O7S/c36-32(24-4-2-1-3-5-24)35-18-14-27(15-19-35)34-16-12-26(13-17-34)33(41-20-21-42-33)25-6-8-28(9-7-25)43(37,38)29-10-11-30-31(22-29)40-23-39-30/h1-11,22,26-27H,12-21,23H2. The summed E-state index contributed by atoms with van der Waals surface area (Å²) >= 11 is 0. The number of hydrogen-bond donors (Lipinski definition) is 0. The molecule has 0 atom stereocenters. The smallest absolute Gasteiger partial charge is 0.253 e. The van der Waals surface area contributed by atoms with E-state index in [-0.39, 0.29) is 28.4 Å². The molecule has 4 aliphatic heterocycles. The van der Waals surface area contributed by atoms with E-state index in [0.29, 0.717) is 30.8 Å². The van der Waals surface area contributed by atoms with Crippen LogP contribution in [0.1, 0.15) is 41.6 Å². The van der Waals surface area contributed by atoms with Crippen LogP contribution in [0.2, 0.25) is 0 Å². The van der Waals surface area contributed by atoms with Crippen LogP contribution in [0.15, 0.2) is 82.6 Å². The molecule has 4 aliphatic rings. The van der Waals surface area contributed by atoms with Gasteiger partial charge in [-0.2, -0.15) is 0 Å². The van der Waals surface area contributed by atoms with Gasteiger partial charge in [0.2, 0.25) is 16.6 Å². The van der Waals surface area contributed by atoms with E-state index in [2.05, 4.69) is 4.90 Å². The highest BCUT2D eigenvalue weighted by Crippen LogP contribution is 2.44. The summed E-state index contributed by atoms with van der Waals surface area (Å²) in [4.78, 5) is 17.8. The molecule has 0 saturated carbocycles. The van der Waals surface area contributed by atoms with Gasteiger partial charge in [-0.15, -0.1) is 0 Å². The van der Waals surface area contributed by atoms with Crippen LogP contribution in [-0.4, -0.2) is 76.4 Å². The third-order valence-corrected chi connectivity index (χ3v) is 11.1. The summed E-state index contributed by atoms with van der Waals surface area (Å²) < 4.78 is 50.1. The second-order valence-electron chi connectivity index (χ2n) is 11.6. The Morgan fingerprint density at radius 3 is 2.09 bits per heavy atom. The van der Waals surface area contributed by atoms with Crippen molar-refractivity contribution in [3.05, 3.63) is 83.9 Å². The molecule has 0 bridgehead atoms. The van der Waals surface area contributed by atoms with Crippen molar-refractivity contribution in [3.63, 3.8) is 0 Å². The Balaban J connectivity index is 0.999. The fourth-order valence-electron chi connectivity index (χ4n) is 6.95. The zero-order valence-corrected chi connectivity index (χ0v) is 24.8. The first kappa shape index (κ1) is 28.3. The molecule has 3 fully saturated rings. The molecule has 0 spiro atoms. The number of piperidine rings is 2. The highest BCUT2D eigenvalue weighted by molar-refractivity contribution is 7.91. The van der Waals surface area contributed by atoms with Crippen molar-refractivity contribution in [1.29, 1.82) is 0 Å². The zero-order chi connectivity index (χ0) is 29.4. The van der Waals surface area contributed by atoms with Crippen LogP contribution < -0.4 is 9.47 Å². The van der Waals surface area contributed by atoms with E-state index in [1.54, 1.807) is 24.3 Å². The maximum Gasteiger partial charge on any atom is 0.253 e. The number of fused-ring (bicyclic) bond motifs is 1. The lowest BCUT2D eigenvalue weighted by Gasteiger charge is -2.45. The number of carbonyl (C=O) groups is 1. The SMILES string of the molecule is O=C(c1ccccc1)N1CCC(N2CCC(C3(c4ccc(S(=O)(=O)c5ccc6c(c5)OCO6)cc4)OCCO3)CC2)CC1. The van der Waals surface area contributed by atoms with E-state index in [0.717, 1.165) is 63.0 Å². The Bertz CT molecular complexity index is 1560. The number of ether oxygens (including phenoxy) is 4. The second-order valence-corrected chi connectivity index (χ2v) is 13.6. The Labute approximate surface area is 252 Å². The maximum atomic E-state index is 13.4. The van der Waals surface area contributed by atoms with E-state index in [9.17, 15) is 13.2 Å². The first-order chi connectivity index (χ1) is 20.9. The lowest BCUT2D eigenvalue weighted by molar-refractivity contribution is -0.215. The number of benzene rings is 3. The fourth-order valence-corrected chi connectivity index (χ4v) is 8.23. The maximum absolute atomic E-state index is 13.4. The van der Waals surface area contributed by atoms with Gasteiger partial charge in [-0.25, -0.2) is 8.42 Å². The van der Waals surface area contributed by atoms with Crippen molar-refractivity contribution in [3.8, 4) is 11.5 Å². The van der Waals surface area contributed by atoms with Gasteiger partial charge in [-0.3, -0.25) is 4.79 Å². The largest absolute Gasteiger partial charge is 0.454 e. The van der Waals surface area contributed by atoms with Crippen molar-refractivity contribution >= 4 is 15.7 Å². The van der Waals surface area contributed by atoms with Crippen LogP contribution >= 0.6 is 0 Å². The minimum atomic E-state index is -3.74. The first-order valence-electron chi connectivity index (χ1n) is 15.1. The summed E-state index contributed by atoms with van der Waals surface area (Å²) in [5.41, 5.74) is 1.60. The lowest BCUT2D eigenvalue weighted by atomic mass is 9.83. The van der Waals surface area contributed by atoms with Crippen LogP contribution in [-0.2, 0) is 25.1 Å². The molecule has 0 unspecified atom stereocenters. The van der Waals surface area contributed by atoms with Crippen LogP contribution in [0.25, 0.3) is 0 Å². The zero-order valence-electron chi connectivity index (χ0n) is 24.0. The van der Waals surface area contributed by atoms with Crippen LogP contribution in [0.4, 0.5) is 0 Å². The van der Waals surface area contributed by atoms with E-state index < -0.39 is 15.6 Å². The highest BCUT2D eigenvalue weighted by Gasteiger charge is 2.47. The monoisotopic (exact) mass is 604 g/mol. The summed E-state index contributed by atoms with van der Waals surface area (Å²) in [6, 6.07) is 21.6. The van der Waals surface area contributed by atoms with Crippen molar-refractivity contribution in [1.82, 2.24) is 9.80 Å². The molecule has 0 aromatic heterocycles. The number of carbonyl (C=O) groups excluding carboxylic acids is 1. The van der Waals surface area contributed by atoms with Gasteiger partial charge in [-0.1, -0.05) is 30.3 Å². The number of nitrogens with zero attached hydrogens (tertiary/aromatic N) is 2. The van der Waals surface area contributed by atoms with Gasteiger partial charge >= 0.3 is 0 Å². The first-order valence-corrected chi connectivity index (χ1v) is 16.5. The number of likely N-dealkylation sites (tertiary alicyclic amines) is 2. The van der Waals surface area contributed by atoms with Gasteiger partial charge in [0.1, 0.15) is 0 Å². The molecule has 0 N–H and O–H groups in total. The topological polar surface area (TPSA) is 94.6 Å². The molecule has 4 heterocycles. The Hall–Kier alpha value is -3.44. The minimum Gasteiger partial charge on any atom is -0.454 e. The van der Waals surface area contributed by atoms with Gasteiger partial charge in [-0.05, 0) is 75.2 Å². The predicted octanol–water partition coefficient (Wildman–Crippen LogP) is 4.46. The predicted molar refractivity (Wildman–Crippen MR) is 158 cm³/mol. The van der Waals surface area contributed by atoms with Gasteiger partial charge in [0.05, 0.1) is 23.0 Å². The summed E-state index contributed by atoms with van der Waals surface area (Å²) in [6.45, 7) is 4.52. The molecule has 0 radical (unpaired) electrons. The van der Waals surface area contributed by atoms with Crippen molar-refractivity contribution < 1.29 is 32.2 Å². The Morgan fingerprint density at radius 2 is 1.40 bits per heavy atom. The average molecular weight is 605 g/mol. The molecular weight excluding hydrogens is 568 g/mol. The number of sulfone groups is 1. The molecule has 0 aliphatic carbocycles. The molecule has 226 valence electrons. The summed E-state index contributed by atoms with van der Waals surface area (Å²) in [5, 5.41) is 0. The van der Waals surface area contributed by atoms with Crippen molar-refractivity contribution in [2.75, 3.05) is 46.2 Å². The molecule has 3 saturated heterocycles. The fraction of sp³-hybridized carbons (Fsp3) is 0.424. The summed E-state index contributed by atoms with van der Waals surface area (Å²) in [6.07, 6.45) is 3.78. The Morgan fingerprint density at radius 1 is 0.744 bits per heavy atom. The molecule has 3 aromatic carbocycles. The molecular formula is C33H36N2O7S. The van der Waals surface area contributed by atoms with Crippen molar-refractivity contribution in [2.45, 2.75) is 47.3 Å². The Kier molecular flexibility index (Phi) is 7.63. The third-order valence-electron chi connectivity index (χ3n) is 9.29. The quantitative estimate of drug-likeness (QED) is 0.407.